The normalized spacial score (nSPS) is 10.1. The summed E-state index contributed by atoms with van der Waals surface area (Å²) in [4.78, 5) is 15.4. The van der Waals surface area contributed by atoms with Crippen LogP contribution in [0.5, 0.6) is 5.75 Å². The van der Waals surface area contributed by atoms with Crippen LogP contribution in [0.3, 0.4) is 0 Å². The van der Waals surface area contributed by atoms with Gasteiger partial charge in [0, 0.05) is 22.4 Å². The van der Waals surface area contributed by atoms with Crippen LogP contribution in [0.15, 0.2) is 41.0 Å². The highest BCUT2D eigenvalue weighted by Gasteiger charge is 2.06. The number of halogens is 1. The first-order valence-corrected chi connectivity index (χ1v) is 6.60. The molecule has 104 valence electrons. The largest absolute Gasteiger partial charge is 0.487 e. The molecule has 1 heterocycles. The second-order valence-corrected chi connectivity index (χ2v) is 4.95. The third-order valence-electron chi connectivity index (χ3n) is 2.53. The predicted molar refractivity (Wildman–Crippen MR) is 78.5 cm³/mol. The van der Waals surface area contributed by atoms with Gasteiger partial charge in [-0.2, -0.15) is 0 Å². The molecule has 2 rings (SSSR count). The van der Waals surface area contributed by atoms with Crippen LogP contribution < -0.4 is 10.5 Å². The Bertz CT molecular complexity index is 594. The zero-order valence-corrected chi connectivity index (χ0v) is 12.4. The zero-order valence-electron chi connectivity index (χ0n) is 10.8. The van der Waals surface area contributed by atoms with Gasteiger partial charge in [-0.1, -0.05) is 15.9 Å². The molecular weight excluding hydrogens is 324 g/mol. The van der Waals surface area contributed by atoms with Crippen molar-refractivity contribution in [3.05, 3.63) is 52.3 Å². The van der Waals surface area contributed by atoms with Crippen molar-refractivity contribution in [1.29, 1.82) is 0 Å². The average molecular weight is 337 g/mol. The molecule has 5 nitrogen and oxygen atoms in total. The van der Waals surface area contributed by atoms with Gasteiger partial charge in [-0.05, 0) is 24.3 Å². The van der Waals surface area contributed by atoms with Crippen molar-refractivity contribution in [2.45, 2.75) is 6.61 Å². The van der Waals surface area contributed by atoms with Gasteiger partial charge in [0.25, 0.3) is 0 Å². The summed E-state index contributed by atoms with van der Waals surface area (Å²) in [5.74, 6) is 0.237. The van der Waals surface area contributed by atoms with Crippen molar-refractivity contribution in [2.24, 2.45) is 0 Å². The summed E-state index contributed by atoms with van der Waals surface area (Å²) in [7, 11) is 1.33. The van der Waals surface area contributed by atoms with Gasteiger partial charge in [-0.15, -0.1) is 0 Å². The molecule has 1 aromatic heterocycles. The molecule has 0 aliphatic heterocycles. The molecule has 6 heteroatoms. The van der Waals surface area contributed by atoms with Gasteiger partial charge in [0.15, 0.2) is 0 Å². The van der Waals surface area contributed by atoms with E-state index in [1.54, 1.807) is 24.3 Å². The number of nitrogens with two attached hydrogens (primary N) is 1. The maximum atomic E-state index is 11.3. The number of ether oxygens (including phenoxy) is 2. The Hall–Kier alpha value is -2.08. The number of esters is 1. The lowest BCUT2D eigenvalue weighted by Crippen LogP contribution is -2.04. The van der Waals surface area contributed by atoms with Crippen molar-refractivity contribution < 1.29 is 14.3 Å². The Labute approximate surface area is 124 Å². The standard InChI is InChI=1S/C14H13BrN2O3/c1-19-14(18)9-2-3-12(17-7-9)8-20-13-5-10(15)4-11(16)6-13/h2-7H,8,16H2,1H3. The first-order valence-electron chi connectivity index (χ1n) is 5.80. The van der Waals surface area contributed by atoms with Crippen LogP contribution >= 0.6 is 15.9 Å². The fourth-order valence-corrected chi connectivity index (χ4v) is 2.06. The summed E-state index contributed by atoms with van der Waals surface area (Å²) >= 11 is 3.35. The highest BCUT2D eigenvalue weighted by molar-refractivity contribution is 9.10. The number of carbonyl (C=O) groups excluding carboxylic acids is 1. The SMILES string of the molecule is COC(=O)c1ccc(COc2cc(N)cc(Br)c2)nc1. The van der Waals surface area contributed by atoms with Gasteiger partial charge >= 0.3 is 5.97 Å². The van der Waals surface area contributed by atoms with Gasteiger partial charge in [0.1, 0.15) is 12.4 Å². The third-order valence-corrected chi connectivity index (χ3v) is 2.98. The fourth-order valence-electron chi connectivity index (χ4n) is 1.57. The molecule has 0 saturated heterocycles. The van der Waals surface area contributed by atoms with Crippen LogP contribution in [-0.2, 0) is 11.3 Å². The number of carbonyl (C=O) groups is 1. The highest BCUT2D eigenvalue weighted by Crippen LogP contribution is 2.23. The quantitative estimate of drug-likeness (QED) is 0.686. The van der Waals surface area contributed by atoms with E-state index in [0.29, 0.717) is 22.7 Å². The minimum Gasteiger partial charge on any atom is -0.487 e. The first-order chi connectivity index (χ1) is 9.58. The summed E-state index contributed by atoms with van der Waals surface area (Å²) in [6.07, 6.45) is 1.46. The molecule has 1 aromatic carbocycles. The fraction of sp³-hybridized carbons (Fsp3) is 0.143. The molecule has 0 bridgehead atoms. The number of methoxy groups -OCH3 is 1. The Kier molecular flexibility index (Phi) is 4.57. The molecule has 0 radical (unpaired) electrons. The van der Waals surface area contributed by atoms with E-state index in [9.17, 15) is 4.79 Å². The monoisotopic (exact) mass is 336 g/mol. The molecule has 2 aromatic rings. The second-order valence-electron chi connectivity index (χ2n) is 4.04. The van der Waals surface area contributed by atoms with E-state index < -0.39 is 5.97 Å². The zero-order chi connectivity index (χ0) is 14.5. The predicted octanol–water partition coefficient (Wildman–Crippen LogP) is 2.79. The Morgan fingerprint density at radius 1 is 1.35 bits per heavy atom. The number of anilines is 1. The highest BCUT2D eigenvalue weighted by atomic mass is 79.9. The smallest absolute Gasteiger partial charge is 0.339 e. The van der Waals surface area contributed by atoms with E-state index in [2.05, 4.69) is 25.7 Å². The molecule has 2 N–H and O–H groups in total. The molecule has 0 saturated carbocycles. The van der Waals surface area contributed by atoms with Crippen molar-refractivity contribution in [3.8, 4) is 5.75 Å². The molecule has 0 fully saturated rings. The minimum absolute atomic E-state index is 0.289. The van der Waals surface area contributed by atoms with Crippen LogP contribution in [0, 0.1) is 0 Å². The lowest BCUT2D eigenvalue weighted by Gasteiger charge is -2.07. The number of hydrogen-bond donors (Lipinski definition) is 1. The number of nitrogens with zero attached hydrogens (tertiary/aromatic N) is 1. The number of rotatable bonds is 4. The van der Waals surface area contributed by atoms with Crippen molar-refractivity contribution in [2.75, 3.05) is 12.8 Å². The van der Waals surface area contributed by atoms with E-state index in [0.717, 1.165) is 4.47 Å². The van der Waals surface area contributed by atoms with Crippen molar-refractivity contribution >= 4 is 27.6 Å². The van der Waals surface area contributed by atoms with Crippen LogP contribution in [0.4, 0.5) is 5.69 Å². The van der Waals surface area contributed by atoms with Gasteiger partial charge in [0.2, 0.25) is 0 Å². The lowest BCUT2D eigenvalue weighted by molar-refractivity contribution is 0.0600. The molecule has 0 atom stereocenters. The maximum absolute atomic E-state index is 11.3. The van der Waals surface area contributed by atoms with E-state index in [4.69, 9.17) is 10.5 Å². The van der Waals surface area contributed by atoms with Crippen LogP contribution in [0.2, 0.25) is 0 Å². The molecule has 0 unspecified atom stereocenters. The van der Waals surface area contributed by atoms with E-state index in [-0.39, 0.29) is 6.61 Å². The number of nitrogen functional groups attached to an aromatic ring is 1. The molecule has 0 spiro atoms. The summed E-state index contributed by atoms with van der Waals surface area (Å²) < 4.78 is 11.0. The van der Waals surface area contributed by atoms with Crippen LogP contribution in [0.25, 0.3) is 0 Å². The van der Waals surface area contributed by atoms with Crippen molar-refractivity contribution in [1.82, 2.24) is 4.98 Å². The molecular formula is C14H13BrN2O3. The molecule has 0 amide bonds. The average Bonchev–Trinajstić information content (AvgIpc) is 2.44. The number of aromatic nitrogens is 1. The van der Waals surface area contributed by atoms with Crippen LogP contribution in [0.1, 0.15) is 16.1 Å². The summed E-state index contributed by atoms with van der Waals surface area (Å²) in [6, 6.07) is 8.70. The van der Waals surface area contributed by atoms with E-state index in [1.807, 2.05) is 6.07 Å². The Balaban J connectivity index is 2.02. The number of hydrogen-bond acceptors (Lipinski definition) is 5. The second kappa shape index (κ2) is 6.38. The Morgan fingerprint density at radius 2 is 2.15 bits per heavy atom. The lowest BCUT2D eigenvalue weighted by atomic mass is 10.2. The topological polar surface area (TPSA) is 74.4 Å². The van der Waals surface area contributed by atoms with E-state index >= 15 is 0 Å². The van der Waals surface area contributed by atoms with Gasteiger partial charge in [-0.3, -0.25) is 4.98 Å². The summed E-state index contributed by atoms with van der Waals surface area (Å²) in [5.41, 5.74) is 7.44. The van der Waals surface area contributed by atoms with Gasteiger partial charge in [0.05, 0.1) is 18.4 Å². The number of pyridine rings is 1. The number of benzene rings is 1. The van der Waals surface area contributed by atoms with Crippen LogP contribution in [-0.4, -0.2) is 18.1 Å². The summed E-state index contributed by atoms with van der Waals surface area (Å²) in [6.45, 7) is 0.289. The minimum atomic E-state index is -0.412. The molecule has 0 aliphatic carbocycles. The van der Waals surface area contributed by atoms with Gasteiger partial charge in [-0.25, -0.2) is 4.79 Å². The molecule has 20 heavy (non-hydrogen) atoms. The van der Waals surface area contributed by atoms with E-state index in [1.165, 1.54) is 13.3 Å². The molecule has 0 aliphatic rings. The Morgan fingerprint density at radius 3 is 2.75 bits per heavy atom. The van der Waals surface area contributed by atoms with Gasteiger partial charge < -0.3 is 15.2 Å². The van der Waals surface area contributed by atoms with Crippen molar-refractivity contribution in [3.63, 3.8) is 0 Å². The maximum Gasteiger partial charge on any atom is 0.339 e. The summed E-state index contributed by atoms with van der Waals surface area (Å²) in [5, 5.41) is 0. The first kappa shape index (κ1) is 14.3. The third kappa shape index (κ3) is 3.71.